The maximum Gasteiger partial charge on any atom is 0.238 e. The van der Waals surface area contributed by atoms with Crippen molar-refractivity contribution in [1.29, 1.82) is 0 Å². The minimum Gasteiger partial charge on any atom is -0.492 e. The second-order valence-electron chi connectivity index (χ2n) is 5.78. The van der Waals surface area contributed by atoms with E-state index in [1.807, 2.05) is 49.4 Å². The zero-order valence-electron chi connectivity index (χ0n) is 14.8. The van der Waals surface area contributed by atoms with E-state index in [9.17, 15) is 4.79 Å². The molecular weight excluding hydrogens is 314 g/mol. The number of hydrogen-bond donors (Lipinski definition) is 2. The molecule has 0 heterocycles. The number of benzene rings is 2. The number of nitrogens with two attached hydrogens (primary N) is 1. The Balaban J connectivity index is 1.91. The van der Waals surface area contributed by atoms with Gasteiger partial charge in [0.15, 0.2) is 0 Å². The van der Waals surface area contributed by atoms with Crippen LogP contribution in [0.3, 0.4) is 0 Å². The fourth-order valence-corrected chi connectivity index (χ4v) is 2.63. The number of ether oxygens (including phenoxy) is 1. The molecule has 0 aliphatic rings. The third-order valence-corrected chi connectivity index (χ3v) is 3.83. The van der Waals surface area contributed by atoms with Crippen LogP contribution in [0.4, 0.5) is 5.69 Å². The zero-order valence-corrected chi connectivity index (χ0v) is 14.8. The molecule has 5 nitrogen and oxygen atoms in total. The van der Waals surface area contributed by atoms with Gasteiger partial charge >= 0.3 is 0 Å². The van der Waals surface area contributed by atoms with Crippen LogP contribution >= 0.6 is 0 Å². The molecule has 0 aliphatic heterocycles. The van der Waals surface area contributed by atoms with Crippen molar-refractivity contribution in [2.24, 2.45) is 5.73 Å². The Labute approximate surface area is 149 Å². The van der Waals surface area contributed by atoms with E-state index in [4.69, 9.17) is 10.5 Å². The second-order valence-corrected chi connectivity index (χ2v) is 5.78. The van der Waals surface area contributed by atoms with E-state index in [0.717, 1.165) is 13.0 Å². The molecule has 2 aromatic rings. The Kier molecular flexibility index (Phi) is 7.95. The SMILES string of the molecule is CCOc1ccccc1NC(=O)CN(CCN)CCc1ccccc1. The van der Waals surface area contributed by atoms with E-state index in [1.165, 1.54) is 5.56 Å². The standard InChI is InChI=1S/C20H27N3O2/c1-2-25-19-11-7-6-10-18(19)22-20(24)16-23(15-13-21)14-12-17-8-4-3-5-9-17/h3-11H,2,12-16,21H2,1H3,(H,22,24). The molecule has 0 saturated carbocycles. The van der Waals surface area contributed by atoms with Crippen molar-refractivity contribution in [3.63, 3.8) is 0 Å². The van der Waals surface area contributed by atoms with Gasteiger partial charge in [0.1, 0.15) is 5.75 Å². The molecule has 2 rings (SSSR count). The predicted octanol–water partition coefficient (Wildman–Crippen LogP) is 2.53. The number of carbonyl (C=O) groups excluding carboxylic acids is 1. The molecule has 5 heteroatoms. The summed E-state index contributed by atoms with van der Waals surface area (Å²) in [4.78, 5) is 14.5. The number of nitrogens with zero attached hydrogens (tertiary/aromatic N) is 1. The molecule has 3 N–H and O–H groups in total. The maximum atomic E-state index is 12.4. The van der Waals surface area contributed by atoms with E-state index in [1.54, 1.807) is 0 Å². The van der Waals surface area contributed by atoms with E-state index >= 15 is 0 Å². The summed E-state index contributed by atoms with van der Waals surface area (Å²) in [5, 5.41) is 2.94. The molecule has 1 amide bonds. The maximum absolute atomic E-state index is 12.4. The van der Waals surface area contributed by atoms with Gasteiger partial charge in [-0.25, -0.2) is 0 Å². The lowest BCUT2D eigenvalue weighted by Gasteiger charge is -2.21. The van der Waals surface area contributed by atoms with Crippen LogP contribution in [-0.4, -0.2) is 43.6 Å². The van der Waals surface area contributed by atoms with Gasteiger partial charge in [-0.05, 0) is 31.0 Å². The largest absolute Gasteiger partial charge is 0.492 e. The van der Waals surface area contributed by atoms with Crippen molar-refractivity contribution >= 4 is 11.6 Å². The highest BCUT2D eigenvalue weighted by Gasteiger charge is 2.12. The Morgan fingerprint density at radius 1 is 1.08 bits per heavy atom. The predicted molar refractivity (Wildman–Crippen MR) is 102 cm³/mol. The van der Waals surface area contributed by atoms with Gasteiger partial charge in [-0.15, -0.1) is 0 Å². The van der Waals surface area contributed by atoms with E-state index < -0.39 is 0 Å². The molecule has 0 atom stereocenters. The third kappa shape index (κ3) is 6.57. The quantitative estimate of drug-likeness (QED) is 0.697. The minimum atomic E-state index is -0.0614. The summed E-state index contributed by atoms with van der Waals surface area (Å²) >= 11 is 0. The normalized spacial score (nSPS) is 10.7. The van der Waals surface area contributed by atoms with Crippen molar-refractivity contribution in [1.82, 2.24) is 4.90 Å². The van der Waals surface area contributed by atoms with Gasteiger partial charge in [0.2, 0.25) is 5.91 Å². The Morgan fingerprint density at radius 3 is 2.52 bits per heavy atom. The lowest BCUT2D eigenvalue weighted by atomic mass is 10.1. The summed E-state index contributed by atoms with van der Waals surface area (Å²) < 4.78 is 5.55. The fourth-order valence-electron chi connectivity index (χ4n) is 2.63. The lowest BCUT2D eigenvalue weighted by Crippen LogP contribution is -2.38. The molecule has 0 bridgehead atoms. The molecule has 0 saturated heterocycles. The molecule has 0 aliphatic carbocycles. The third-order valence-electron chi connectivity index (χ3n) is 3.83. The van der Waals surface area contributed by atoms with Crippen LogP contribution in [-0.2, 0) is 11.2 Å². The average molecular weight is 341 g/mol. The summed E-state index contributed by atoms with van der Waals surface area (Å²) in [5.41, 5.74) is 7.65. The van der Waals surface area contributed by atoms with E-state index in [2.05, 4.69) is 22.3 Å². The van der Waals surface area contributed by atoms with Crippen molar-refractivity contribution in [2.75, 3.05) is 38.1 Å². The van der Waals surface area contributed by atoms with Gasteiger partial charge in [-0.2, -0.15) is 0 Å². The summed E-state index contributed by atoms with van der Waals surface area (Å²) in [5.74, 6) is 0.627. The first-order valence-corrected chi connectivity index (χ1v) is 8.71. The zero-order chi connectivity index (χ0) is 17.9. The number of carbonyl (C=O) groups is 1. The van der Waals surface area contributed by atoms with Crippen LogP contribution in [0.1, 0.15) is 12.5 Å². The van der Waals surface area contributed by atoms with Crippen LogP contribution in [0.5, 0.6) is 5.75 Å². The van der Waals surface area contributed by atoms with Gasteiger partial charge in [0.25, 0.3) is 0 Å². The Bertz CT molecular complexity index is 646. The van der Waals surface area contributed by atoms with E-state index in [-0.39, 0.29) is 5.91 Å². The number of amides is 1. The first-order valence-electron chi connectivity index (χ1n) is 8.71. The molecule has 25 heavy (non-hydrogen) atoms. The molecule has 134 valence electrons. The molecule has 0 unspecified atom stereocenters. The van der Waals surface area contributed by atoms with Gasteiger partial charge < -0.3 is 15.8 Å². The Hall–Kier alpha value is -2.37. The van der Waals surface area contributed by atoms with Crippen LogP contribution in [0.15, 0.2) is 54.6 Å². The molecular formula is C20H27N3O2. The Morgan fingerprint density at radius 2 is 1.80 bits per heavy atom. The summed E-state index contributed by atoms with van der Waals surface area (Å²) in [6.45, 7) is 4.80. The summed E-state index contributed by atoms with van der Waals surface area (Å²) in [6, 6.07) is 17.7. The van der Waals surface area contributed by atoms with Crippen molar-refractivity contribution in [3.05, 3.63) is 60.2 Å². The van der Waals surface area contributed by atoms with Crippen molar-refractivity contribution in [2.45, 2.75) is 13.3 Å². The van der Waals surface area contributed by atoms with Crippen LogP contribution < -0.4 is 15.8 Å². The number of anilines is 1. The van der Waals surface area contributed by atoms with E-state index in [0.29, 0.717) is 37.7 Å². The van der Waals surface area contributed by atoms with Gasteiger partial charge in [0.05, 0.1) is 18.8 Å². The molecule has 0 aromatic heterocycles. The average Bonchev–Trinajstić information content (AvgIpc) is 2.62. The van der Waals surface area contributed by atoms with Crippen molar-refractivity contribution < 1.29 is 9.53 Å². The van der Waals surface area contributed by atoms with Crippen LogP contribution in [0.2, 0.25) is 0 Å². The molecule has 0 spiro atoms. The van der Waals surface area contributed by atoms with Gasteiger partial charge in [0, 0.05) is 19.6 Å². The number of para-hydroxylation sites is 2. The molecule has 0 radical (unpaired) electrons. The summed E-state index contributed by atoms with van der Waals surface area (Å²) in [6.07, 6.45) is 0.893. The van der Waals surface area contributed by atoms with Crippen LogP contribution in [0, 0.1) is 0 Å². The smallest absolute Gasteiger partial charge is 0.238 e. The highest BCUT2D eigenvalue weighted by molar-refractivity contribution is 5.93. The first kappa shape index (κ1) is 19.0. The van der Waals surface area contributed by atoms with Gasteiger partial charge in [-0.1, -0.05) is 42.5 Å². The number of hydrogen-bond acceptors (Lipinski definition) is 4. The summed E-state index contributed by atoms with van der Waals surface area (Å²) in [7, 11) is 0. The highest BCUT2D eigenvalue weighted by atomic mass is 16.5. The molecule has 0 fully saturated rings. The second kappa shape index (κ2) is 10.5. The van der Waals surface area contributed by atoms with Gasteiger partial charge in [-0.3, -0.25) is 9.69 Å². The molecule has 2 aromatic carbocycles. The fraction of sp³-hybridized carbons (Fsp3) is 0.350. The number of nitrogens with one attached hydrogen (secondary N) is 1. The number of rotatable bonds is 10. The first-order chi connectivity index (χ1) is 12.2. The topological polar surface area (TPSA) is 67.6 Å². The lowest BCUT2D eigenvalue weighted by molar-refractivity contribution is -0.117. The van der Waals surface area contributed by atoms with Crippen molar-refractivity contribution in [3.8, 4) is 5.75 Å². The highest BCUT2D eigenvalue weighted by Crippen LogP contribution is 2.23. The monoisotopic (exact) mass is 341 g/mol. The minimum absolute atomic E-state index is 0.0614. The van der Waals surface area contributed by atoms with Crippen LogP contribution in [0.25, 0.3) is 0 Å².